The molecule has 0 aliphatic carbocycles. The van der Waals surface area contributed by atoms with Crippen LogP contribution in [0.1, 0.15) is 45.1 Å². The average Bonchev–Trinajstić information content (AvgIpc) is 2.51. The van der Waals surface area contributed by atoms with E-state index in [9.17, 15) is 0 Å². The maximum Gasteiger partial charge on any atom is 0.451 e. The van der Waals surface area contributed by atoms with Crippen molar-refractivity contribution in [3.63, 3.8) is 0 Å². The van der Waals surface area contributed by atoms with Crippen molar-refractivity contribution in [3.8, 4) is 5.75 Å². The number of nitrogens with two attached hydrogens (primary N) is 1. The van der Waals surface area contributed by atoms with Crippen LogP contribution in [0.25, 0.3) is 0 Å². The molecule has 0 aromatic heterocycles. The average molecular weight is 336 g/mol. The third kappa shape index (κ3) is 9.93. The first-order valence-corrected chi connectivity index (χ1v) is 8.92. The van der Waals surface area contributed by atoms with Crippen LogP contribution in [-0.2, 0) is 6.54 Å². The van der Waals surface area contributed by atoms with Gasteiger partial charge in [-0.15, -0.1) is 0 Å². The zero-order valence-corrected chi connectivity index (χ0v) is 15.3. The van der Waals surface area contributed by atoms with E-state index in [0.717, 1.165) is 44.5 Å². The highest BCUT2D eigenvalue weighted by Crippen LogP contribution is 2.15. The second kappa shape index (κ2) is 11.5. The van der Waals surface area contributed by atoms with Gasteiger partial charge in [-0.2, -0.15) is 0 Å². The van der Waals surface area contributed by atoms with Crippen LogP contribution in [0.3, 0.4) is 0 Å². The standard InChI is InChI=1S/C18H33BN2O3/c1-15(2)24-18-9-7-16(8-10-18)14-21(3)13-11-17(20)6-4-5-12-19(22)23/h7-10,15,17,22-23H,4-6,11-14,20H2,1-3H3. The third-order valence-electron chi connectivity index (χ3n) is 3.92. The van der Waals surface area contributed by atoms with Gasteiger partial charge in [-0.1, -0.05) is 25.0 Å². The fourth-order valence-electron chi connectivity index (χ4n) is 2.60. The van der Waals surface area contributed by atoms with Gasteiger partial charge < -0.3 is 25.4 Å². The molecule has 0 radical (unpaired) electrons. The van der Waals surface area contributed by atoms with Crippen molar-refractivity contribution in [1.29, 1.82) is 0 Å². The number of unbranched alkanes of at least 4 members (excludes halogenated alkanes) is 1. The summed E-state index contributed by atoms with van der Waals surface area (Å²) in [4.78, 5) is 2.27. The van der Waals surface area contributed by atoms with Crippen LogP contribution < -0.4 is 10.5 Å². The van der Waals surface area contributed by atoms with E-state index >= 15 is 0 Å². The number of hydrogen-bond donors (Lipinski definition) is 3. The first kappa shape index (κ1) is 21.0. The Morgan fingerprint density at radius 3 is 2.38 bits per heavy atom. The van der Waals surface area contributed by atoms with Crippen LogP contribution in [0.5, 0.6) is 5.75 Å². The van der Waals surface area contributed by atoms with Crippen molar-refractivity contribution < 1.29 is 14.8 Å². The van der Waals surface area contributed by atoms with Crippen LogP contribution >= 0.6 is 0 Å². The molecule has 1 aromatic rings. The van der Waals surface area contributed by atoms with Gasteiger partial charge in [0.2, 0.25) is 0 Å². The quantitative estimate of drug-likeness (QED) is 0.403. The minimum atomic E-state index is -1.19. The lowest BCUT2D eigenvalue weighted by molar-refractivity contribution is 0.242. The lowest BCUT2D eigenvalue weighted by Crippen LogP contribution is -2.28. The first-order chi connectivity index (χ1) is 11.4. The first-order valence-electron chi connectivity index (χ1n) is 8.92. The number of rotatable bonds is 12. The Hall–Kier alpha value is -1.08. The summed E-state index contributed by atoms with van der Waals surface area (Å²) in [6, 6.07) is 8.42. The summed E-state index contributed by atoms with van der Waals surface area (Å²) in [7, 11) is 0.914. The van der Waals surface area contributed by atoms with Crippen molar-refractivity contribution in [2.75, 3.05) is 13.6 Å². The molecule has 0 bridgehead atoms. The Morgan fingerprint density at radius 2 is 1.79 bits per heavy atom. The van der Waals surface area contributed by atoms with Crippen molar-refractivity contribution in [2.45, 2.75) is 64.5 Å². The molecule has 0 aliphatic rings. The van der Waals surface area contributed by atoms with E-state index in [4.69, 9.17) is 20.5 Å². The predicted molar refractivity (Wildman–Crippen MR) is 100.0 cm³/mol. The van der Waals surface area contributed by atoms with Gasteiger partial charge in [0.05, 0.1) is 6.10 Å². The Bertz CT molecular complexity index is 440. The molecular formula is C18H33BN2O3. The normalized spacial score (nSPS) is 12.7. The topological polar surface area (TPSA) is 79.0 Å². The highest BCUT2D eigenvalue weighted by atomic mass is 16.5. The van der Waals surface area contributed by atoms with Gasteiger partial charge in [-0.05, 0) is 64.3 Å². The van der Waals surface area contributed by atoms with E-state index < -0.39 is 7.12 Å². The van der Waals surface area contributed by atoms with Crippen molar-refractivity contribution in [2.24, 2.45) is 5.73 Å². The van der Waals surface area contributed by atoms with Gasteiger partial charge in [0.15, 0.2) is 0 Å². The third-order valence-corrected chi connectivity index (χ3v) is 3.92. The minimum absolute atomic E-state index is 0.171. The molecule has 0 amide bonds. The van der Waals surface area contributed by atoms with E-state index in [1.807, 2.05) is 26.0 Å². The number of benzene rings is 1. The van der Waals surface area contributed by atoms with Gasteiger partial charge in [0, 0.05) is 12.6 Å². The Labute approximate surface area is 147 Å². The molecule has 0 heterocycles. The highest BCUT2D eigenvalue weighted by molar-refractivity contribution is 6.40. The molecule has 1 atom stereocenters. The summed E-state index contributed by atoms with van der Waals surface area (Å²) in [6.07, 6.45) is 4.27. The van der Waals surface area contributed by atoms with Crippen LogP contribution in [0, 0.1) is 0 Å². The highest BCUT2D eigenvalue weighted by Gasteiger charge is 2.09. The van der Waals surface area contributed by atoms with Gasteiger partial charge in [-0.25, -0.2) is 0 Å². The molecule has 24 heavy (non-hydrogen) atoms. The van der Waals surface area contributed by atoms with Gasteiger partial charge in [-0.3, -0.25) is 0 Å². The molecule has 5 nitrogen and oxygen atoms in total. The van der Waals surface area contributed by atoms with Crippen molar-refractivity contribution in [3.05, 3.63) is 29.8 Å². The zero-order valence-electron chi connectivity index (χ0n) is 15.3. The summed E-state index contributed by atoms with van der Waals surface area (Å²) in [5, 5.41) is 17.6. The summed E-state index contributed by atoms with van der Waals surface area (Å²) in [5.74, 6) is 0.909. The van der Waals surface area contributed by atoms with Gasteiger partial charge >= 0.3 is 7.12 Å². The zero-order chi connectivity index (χ0) is 17.9. The second-order valence-electron chi connectivity index (χ2n) is 6.86. The van der Waals surface area contributed by atoms with Crippen LogP contribution in [-0.4, -0.2) is 47.8 Å². The smallest absolute Gasteiger partial charge is 0.451 e. The maximum atomic E-state index is 8.80. The van der Waals surface area contributed by atoms with E-state index in [-0.39, 0.29) is 12.1 Å². The summed E-state index contributed by atoms with van der Waals surface area (Å²) in [6.45, 7) is 5.90. The molecule has 0 saturated heterocycles. The van der Waals surface area contributed by atoms with Crippen molar-refractivity contribution in [1.82, 2.24) is 4.90 Å². The monoisotopic (exact) mass is 336 g/mol. The summed E-state index contributed by atoms with van der Waals surface area (Å²) >= 11 is 0. The molecule has 0 saturated carbocycles. The molecule has 0 aliphatic heterocycles. The lowest BCUT2D eigenvalue weighted by Gasteiger charge is -2.20. The molecule has 4 N–H and O–H groups in total. The number of ether oxygens (including phenoxy) is 1. The van der Waals surface area contributed by atoms with E-state index in [1.165, 1.54) is 5.56 Å². The molecule has 0 spiro atoms. The van der Waals surface area contributed by atoms with Crippen LogP contribution in [0.2, 0.25) is 6.32 Å². The fourth-order valence-corrected chi connectivity index (χ4v) is 2.60. The molecule has 1 aromatic carbocycles. The van der Waals surface area contributed by atoms with E-state index in [1.54, 1.807) is 0 Å². The largest absolute Gasteiger partial charge is 0.491 e. The number of nitrogens with zero attached hydrogens (tertiary/aromatic N) is 1. The van der Waals surface area contributed by atoms with Crippen LogP contribution in [0.15, 0.2) is 24.3 Å². The van der Waals surface area contributed by atoms with E-state index in [2.05, 4.69) is 24.1 Å². The van der Waals surface area contributed by atoms with Gasteiger partial charge in [0.1, 0.15) is 5.75 Å². The Balaban J connectivity index is 2.22. The second-order valence-corrected chi connectivity index (χ2v) is 6.86. The predicted octanol–water partition coefficient (Wildman–Crippen LogP) is 2.27. The Morgan fingerprint density at radius 1 is 1.12 bits per heavy atom. The number of hydrogen-bond acceptors (Lipinski definition) is 5. The fraction of sp³-hybridized carbons (Fsp3) is 0.667. The van der Waals surface area contributed by atoms with Crippen molar-refractivity contribution >= 4 is 7.12 Å². The Kier molecular flexibility index (Phi) is 10.0. The molecule has 0 fully saturated rings. The molecule has 6 heteroatoms. The van der Waals surface area contributed by atoms with Crippen LogP contribution in [0.4, 0.5) is 0 Å². The molecule has 136 valence electrons. The minimum Gasteiger partial charge on any atom is -0.491 e. The summed E-state index contributed by atoms with van der Waals surface area (Å²) < 4.78 is 5.65. The van der Waals surface area contributed by atoms with Gasteiger partial charge in [0.25, 0.3) is 0 Å². The van der Waals surface area contributed by atoms with E-state index in [0.29, 0.717) is 6.32 Å². The molecule has 1 unspecified atom stereocenters. The SMILES string of the molecule is CC(C)Oc1ccc(CN(C)CCC(N)CCCCB(O)O)cc1. The summed E-state index contributed by atoms with van der Waals surface area (Å²) in [5.41, 5.74) is 7.39. The molecular weight excluding hydrogens is 303 g/mol. The maximum absolute atomic E-state index is 8.80. The molecule has 1 rings (SSSR count). The lowest BCUT2D eigenvalue weighted by atomic mass is 9.83.